The predicted octanol–water partition coefficient (Wildman–Crippen LogP) is 2.49. The Morgan fingerprint density at radius 1 is 1.32 bits per heavy atom. The fraction of sp³-hybridized carbons (Fsp3) is 0.429. The molecule has 0 aliphatic carbocycles. The van der Waals surface area contributed by atoms with Crippen LogP contribution < -0.4 is 5.32 Å². The lowest BCUT2D eigenvalue weighted by Gasteiger charge is -2.23. The van der Waals surface area contributed by atoms with Crippen LogP contribution in [0.1, 0.15) is 20.3 Å². The van der Waals surface area contributed by atoms with Gasteiger partial charge in [0.25, 0.3) is 0 Å². The van der Waals surface area contributed by atoms with Gasteiger partial charge in [0.05, 0.1) is 17.0 Å². The van der Waals surface area contributed by atoms with Gasteiger partial charge in [0.15, 0.2) is 0 Å². The van der Waals surface area contributed by atoms with E-state index in [-0.39, 0.29) is 5.60 Å². The van der Waals surface area contributed by atoms with Crippen molar-refractivity contribution in [2.75, 3.05) is 19.0 Å². The SMILES string of the molecule is COC(C)(C)CCNc1ccccc1-n1cncn1. The first-order valence-corrected chi connectivity index (χ1v) is 6.35. The molecular formula is C14H20N4O. The lowest BCUT2D eigenvalue weighted by molar-refractivity contribution is 0.0185. The number of nitrogens with one attached hydrogen (secondary N) is 1. The van der Waals surface area contributed by atoms with E-state index in [2.05, 4.69) is 29.2 Å². The lowest BCUT2D eigenvalue weighted by Crippen LogP contribution is -2.26. The summed E-state index contributed by atoms with van der Waals surface area (Å²) < 4.78 is 7.16. The van der Waals surface area contributed by atoms with Gasteiger partial charge in [0.1, 0.15) is 12.7 Å². The summed E-state index contributed by atoms with van der Waals surface area (Å²) in [7, 11) is 1.74. The van der Waals surface area contributed by atoms with Crippen LogP contribution in [0.5, 0.6) is 0 Å². The van der Waals surface area contributed by atoms with E-state index in [1.54, 1.807) is 18.1 Å². The molecule has 2 rings (SSSR count). The van der Waals surface area contributed by atoms with Gasteiger partial charge >= 0.3 is 0 Å². The van der Waals surface area contributed by atoms with Gasteiger partial charge in [-0.2, -0.15) is 5.10 Å². The molecule has 0 aliphatic rings. The smallest absolute Gasteiger partial charge is 0.138 e. The second-order valence-corrected chi connectivity index (χ2v) is 5.00. The van der Waals surface area contributed by atoms with E-state index in [1.807, 2.05) is 24.3 Å². The minimum Gasteiger partial charge on any atom is -0.383 e. The summed E-state index contributed by atoms with van der Waals surface area (Å²) in [5, 5.41) is 7.58. The third-order valence-corrected chi connectivity index (χ3v) is 3.16. The molecule has 5 heteroatoms. The van der Waals surface area contributed by atoms with Crippen LogP contribution in [0.4, 0.5) is 5.69 Å². The topological polar surface area (TPSA) is 52.0 Å². The minimum atomic E-state index is -0.116. The molecule has 5 nitrogen and oxygen atoms in total. The van der Waals surface area contributed by atoms with Crippen molar-refractivity contribution in [1.82, 2.24) is 14.8 Å². The maximum Gasteiger partial charge on any atom is 0.138 e. The highest BCUT2D eigenvalue weighted by Crippen LogP contribution is 2.20. The minimum absolute atomic E-state index is 0.116. The first-order valence-electron chi connectivity index (χ1n) is 6.35. The van der Waals surface area contributed by atoms with Gasteiger partial charge in [0, 0.05) is 13.7 Å². The number of hydrogen-bond donors (Lipinski definition) is 1. The van der Waals surface area contributed by atoms with Crippen molar-refractivity contribution < 1.29 is 4.74 Å². The van der Waals surface area contributed by atoms with Crippen molar-refractivity contribution in [1.29, 1.82) is 0 Å². The monoisotopic (exact) mass is 260 g/mol. The number of methoxy groups -OCH3 is 1. The molecule has 102 valence electrons. The summed E-state index contributed by atoms with van der Waals surface area (Å²) >= 11 is 0. The Kier molecular flexibility index (Phi) is 4.16. The molecule has 19 heavy (non-hydrogen) atoms. The molecule has 0 fully saturated rings. The molecule has 1 aromatic heterocycles. The second-order valence-electron chi connectivity index (χ2n) is 5.00. The van der Waals surface area contributed by atoms with Crippen LogP contribution in [-0.4, -0.2) is 34.0 Å². The van der Waals surface area contributed by atoms with E-state index >= 15 is 0 Å². The van der Waals surface area contributed by atoms with Gasteiger partial charge in [-0.15, -0.1) is 0 Å². The molecule has 0 atom stereocenters. The Morgan fingerprint density at radius 3 is 2.79 bits per heavy atom. The first kappa shape index (κ1) is 13.5. The van der Waals surface area contributed by atoms with Crippen LogP contribution in [0.25, 0.3) is 5.69 Å². The molecular weight excluding hydrogens is 240 g/mol. The molecule has 1 aromatic carbocycles. The molecule has 1 N–H and O–H groups in total. The highest BCUT2D eigenvalue weighted by molar-refractivity contribution is 5.60. The van der Waals surface area contributed by atoms with Crippen molar-refractivity contribution in [3.8, 4) is 5.69 Å². The summed E-state index contributed by atoms with van der Waals surface area (Å²) in [5.41, 5.74) is 1.92. The molecule has 1 heterocycles. The normalized spacial score (nSPS) is 11.5. The van der Waals surface area contributed by atoms with Crippen LogP contribution in [0.3, 0.4) is 0 Å². The molecule has 0 radical (unpaired) electrons. The van der Waals surface area contributed by atoms with Crippen LogP contribution in [-0.2, 0) is 4.74 Å². The molecule has 2 aromatic rings. The summed E-state index contributed by atoms with van der Waals surface area (Å²) in [6, 6.07) is 8.04. The van der Waals surface area contributed by atoms with Crippen molar-refractivity contribution in [2.45, 2.75) is 25.9 Å². The maximum atomic E-state index is 5.41. The van der Waals surface area contributed by atoms with E-state index in [4.69, 9.17) is 4.74 Å². The van der Waals surface area contributed by atoms with Crippen LogP contribution in [0, 0.1) is 0 Å². The average Bonchev–Trinajstić information content (AvgIpc) is 2.93. The fourth-order valence-corrected chi connectivity index (χ4v) is 1.76. The molecule has 0 amide bonds. The zero-order chi connectivity index (χ0) is 13.7. The molecule has 0 bridgehead atoms. The third-order valence-electron chi connectivity index (χ3n) is 3.16. The number of aromatic nitrogens is 3. The molecule has 0 saturated heterocycles. The molecule has 0 aliphatic heterocycles. The lowest BCUT2D eigenvalue weighted by atomic mass is 10.1. The number of para-hydroxylation sites is 2. The Morgan fingerprint density at radius 2 is 2.11 bits per heavy atom. The average molecular weight is 260 g/mol. The van der Waals surface area contributed by atoms with E-state index < -0.39 is 0 Å². The number of rotatable bonds is 6. The summed E-state index contributed by atoms with van der Waals surface area (Å²) in [4.78, 5) is 3.98. The Labute approximate surface area is 113 Å². The Bertz CT molecular complexity index is 508. The number of ether oxygens (including phenoxy) is 1. The quantitative estimate of drug-likeness (QED) is 0.867. The largest absolute Gasteiger partial charge is 0.383 e. The van der Waals surface area contributed by atoms with Crippen LogP contribution >= 0.6 is 0 Å². The van der Waals surface area contributed by atoms with Crippen molar-refractivity contribution in [3.63, 3.8) is 0 Å². The number of benzene rings is 1. The number of anilines is 1. The van der Waals surface area contributed by atoms with Gasteiger partial charge in [-0.1, -0.05) is 12.1 Å². The zero-order valence-corrected chi connectivity index (χ0v) is 11.6. The van der Waals surface area contributed by atoms with Crippen molar-refractivity contribution in [2.24, 2.45) is 0 Å². The van der Waals surface area contributed by atoms with Crippen LogP contribution in [0.15, 0.2) is 36.9 Å². The fourth-order valence-electron chi connectivity index (χ4n) is 1.76. The highest BCUT2D eigenvalue weighted by atomic mass is 16.5. The second kappa shape index (κ2) is 5.84. The summed E-state index contributed by atoms with van der Waals surface area (Å²) in [6.07, 6.45) is 4.15. The van der Waals surface area contributed by atoms with Gasteiger partial charge in [-0.05, 0) is 32.4 Å². The van der Waals surface area contributed by atoms with Gasteiger partial charge in [0.2, 0.25) is 0 Å². The van der Waals surface area contributed by atoms with Gasteiger partial charge in [-0.3, -0.25) is 0 Å². The standard InChI is InChI=1S/C14H20N4O/c1-14(2,19-3)8-9-16-12-6-4-5-7-13(12)18-11-15-10-17-18/h4-7,10-11,16H,8-9H2,1-3H3. The molecule has 0 saturated carbocycles. The van der Waals surface area contributed by atoms with E-state index in [0.717, 1.165) is 24.3 Å². The zero-order valence-electron chi connectivity index (χ0n) is 11.6. The van der Waals surface area contributed by atoms with Gasteiger partial charge in [-0.25, -0.2) is 9.67 Å². The van der Waals surface area contributed by atoms with E-state index in [0.29, 0.717) is 0 Å². The predicted molar refractivity (Wildman–Crippen MR) is 75.6 cm³/mol. The third kappa shape index (κ3) is 3.54. The van der Waals surface area contributed by atoms with E-state index in [9.17, 15) is 0 Å². The number of nitrogens with zero attached hydrogens (tertiary/aromatic N) is 3. The van der Waals surface area contributed by atoms with Gasteiger partial charge < -0.3 is 10.1 Å². The van der Waals surface area contributed by atoms with Crippen molar-refractivity contribution >= 4 is 5.69 Å². The number of hydrogen-bond acceptors (Lipinski definition) is 4. The van der Waals surface area contributed by atoms with Crippen LogP contribution in [0.2, 0.25) is 0 Å². The van der Waals surface area contributed by atoms with E-state index in [1.165, 1.54) is 6.33 Å². The Balaban J connectivity index is 2.05. The first-order chi connectivity index (χ1) is 9.12. The highest BCUT2D eigenvalue weighted by Gasteiger charge is 2.15. The molecule has 0 spiro atoms. The molecule has 0 unspecified atom stereocenters. The van der Waals surface area contributed by atoms with Crippen molar-refractivity contribution in [3.05, 3.63) is 36.9 Å². The summed E-state index contributed by atoms with van der Waals surface area (Å²) in [6.45, 7) is 5.00. The Hall–Kier alpha value is -1.88. The summed E-state index contributed by atoms with van der Waals surface area (Å²) in [5.74, 6) is 0. The maximum absolute atomic E-state index is 5.41.